The normalized spacial score (nSPS) is 12.0. The van der Waals surface area contributed by atoms with Crippen molar-refractivity contribution in [3.63, 3.8) is 0 Å². The van der Waals surface area contributed by atoms with Gasteiger partial charge in [-0.3, -0.25) is 9.59 Å². The fraction of sp³-hybridized carbons (Fsp3) is 0.389. The zero-order valence-corrected chi connectivity index (χ0v) is 15.0. The molecule has 0 aliphatic rings. The standard InChI is InChI=1S/C18H22N2O3S/c1-4-20(11-12(2)18(22)23)17(21)16-13(3)19-15(24-16)10-14-8-6-5-7-9-14/h5-9,12H,4,10-11H2,1-3H3,(H,22,23)/t12-/m1/s1. The summed E-state index contributed by atoms with van der Waals surface area (Å²) in [5, 5.41) is 9.95. The Labute approximate surface area is 146 Å². The Morgan fingerprint density at radius 3 is 2.54 bits per heavy atom. The lowest BCUT2D eigenvalue weighted by molar-refractivity contribution is -0.141. The van der Waals surface area contributed by atoms with Crippen LogP contribution in [-0.2, 0) is 11.2 Å². The molecule has 5 nitrogen and oxygen atoms in total. The summed E-state index contributed by atoms with van der Waals surface area (Å²) in [5.74, 6) is -1.63. The van der Waals surface area contributed by atoms with Crippen LogP contribution in [0.15, 0.2) is 30.3 Å². The van der Waals surface area contributed by atoms with Crippen molar-refractivity contribution in [1.29, 1.82) is 0 Å². The van der Waals surface area contributed by atoms with Crippen LogP contribution in [-0.4, -0.2) is 40.0 Å². The van der Waals surface area contributed by atoms with Crippen molar-refractivity contribution < 1.29 is 14.7 Å². The number of thiazole rings is 1. The molecule has 2 rings (SSSR count). The fourth-order valence-corrected chi connectivity index (χ4v) is 3.47. The molecular weight excluding hydrogens is 324 g/mol. The molecule has 0 spiro atoms. The summed E-state index contributed by atoms with van der Waals surface area (Å²) in [7, 11) is 0. The van der Waals surface area contributed by atoms with Crippen LogP contribution in [0.25, 0.3) is 0 Å². The number of aliphatic carboxylic acids is 1. The highest BCUT2D eigenvalue weighted by Gasteiger charge is 2.24. The lowest BCUT2D eigenvalue weighted by Crippen LogP contribution is -2.36. The number of nitrogens with zero attached hydrogens (tertiary/aromatic N) is 2. The number of benzene rings is 1. The maximum Gasteiger partial charge on any atom is 0.308 e. The number of carboxylic acid groups (broad SMARTS) is 1. The molecular formula is C18H22N2O3S. The number of aryl methyl sites for hydroxylation is 1. The zero-order chi connectivity index (χ0) is 17.7. The number of hydrogen-bond acceptors (Lipinski definition) is 4. The van der Waals surface area contributed by atoms with Gasteiger partial charge in [0.1, 0.15) is 4.88 Å². The number of carbonyl (C=O) groups excluding carboxylic acids is 1. The van der Waals surface area contributed by atoms with Gasteiger partial charge in [0.25, 0.3) is 5.91 Å². The Morgan fingerprint density at radius 2 is 1.96 bits per heavy atom. The van der Waals surface area contributed by atoms with Gasteiger partial charge >= 0.3 is 5.97 Å². The first-order chi connectivity index (χ1) is 11.4. The SMILES string of the molecule is CCN(C[C@@H](C)C(=O)O)C(=O)c1sc(Cc2ccccc2)nc1C. The van der Waals surface area contributed by atoms with Gasteiger partial charge in [-0.2, -0.15) is 0 Å². The minimum Gasteiger partial charge on any atom is -0.481 e. The second-order valence-corrected chi connectivity index (χ2v) is 6.85. The molecule has 0 aliphatic carbocycles. The highest BCUT2D eigenvalue weighted by molar-refractivity contribution is 7.13. The van der Waals surface area contributed by atoms with Gasteiger partial charge in [-0.15, -0.1) is 11.3 Å². The monoisotopic (exact) mass is 346 g/mol. The molecule has 6 heteroatoms. The van der Waals surface area contributed by atoms with Crippen molar-refractivity contribution in [1.82, 2.24) is 9.88 Å². The van der Waals surface area contributed by atoms with E-state index in [9.17, 15) is 9.59 Å². The van der Waals surface area contributed by atoms with Crippen LogP contribution in [0.2, 0.25) is 0 Å². The van der Waals surface area contributed by atoms with Gasteiger partial charge in [0.2, 0.25) is 0 Å². The quantitative estimate of drug-likeness (QED) is 0.835. The van der Waals surface area contributed by atoms with E-state index in [1.165, 1.54) is 11.3 Å². The second kappa shape index (κ2) is 8.06. The van der Waals surface area contributed by atoms with Crippen LogP contribution in [0.1, 0.15) is 39.8 Å². The average molecular weight is 346 g/mol. The number of amides is 1. The molecule has 0 saturated carbocycles. The number of rotatable bonds is 7. The molecule has 1 heterocycles. The summed E-state index contributed by atoms with van der Waals surface area (Å²) in [6, 6.07) is 9.99. The van der Waals surface area contributed by atoms with Crippen molar-refractivity contribution in [2.45, 2.75) is 27.2 Å². The Hall–Kier alpha value is -2.21. The van der Waals surface area contributed by atoms with Gasteiger partial charge in [-0.25, -0.2) is 4.98 Å². The van der Waals surface area contributed by atoms with Gasteiger partial charge in [0.15, 0.2) is 0 Å². The van der Waals surface area contributed by atoms with E-state index < -0.39 is 11.9 Å². The summed E-state index contributed by atoms with van der Waals surface area (Å²) >= 11 is 1.39. The fourth-order valence-electron chi connectivity index (χ4n) is 2.40. The Balaban J connectivity index is 2.15. The molecule has 2 aromatic rings. The van der Waals surface area contributed by atoms with E-state index in [0.717, 1.165) is 10.6 Å². The Bertz CT molecular complexity index is 712. The van der Waals surface area contributed by atoms with E-state index in [1.807, 2.05) is 44.2 Å². The minimum absolute atomic E-state index is 0.139. The topological polar surface area (TPSA) is 70.5 Å². The zero-order valence-electron chi connectivity index (χ0n) is 14.2. The lowest BCUT2D eigenvalue weighted by atomic mass is 10.1. The summed E-state index contributed by atoms with van der Waals surface area (Å²) < 4.78 is 0. The molecule has 0 fully saturated rings. The molecule has 128 valence electrons. The van der Waals surface area contributed by atoms with E-state index in [2.05, 4.69) is 4.98 Å². The summed E-state index contributed by atoms with van der Waals surface area (Å²) in [6.07, 6.45) is 0.692. The molecule has 0 bridgehead atoms. The molecule has 0 aliphatic heterocycles. The van der Waals surface area contributed by atoms with Gasteiger partial charge < -0.3 is 10.0 Å². The van der Waals surface area contributed by atoms with E-state index in [4.69, 9.17) is 5.11 Å². The largest absolute Gasteiger partial charge is 0.481 e. The third-order valence-corrected chi connectivity index (χ3v) is 4.96. The van der Waals surface area contributed by atoms with E-state index in [-0.39, 0.29) is 12.5 Å². The molecule has 1 aromatic carbocycles. The van der Waals surface area contributed by atoms with Crippen LogP contribution in [0.4, 0.5) is 0 Å². The van der Waals surface area contributed by atoms with Crippen molar-refractivity contribution in [3.05, 3.63) is 51.5 Å². The average Bonchev–Trinajstić information content (AvgIpc) is 2.92. The van der Waals surface area contributed by atoms with Gasteiger partial charge in [-0.05, 0) is 19.4 Å². The van der Waals surface area contributed by atoms with Gasteiger partial charge in [0, 0.05) is 19.5 Å². The third-order valence-electron chi connectivity index (χ3n) is 3.82. The third kappa shape index (κ3) is 4.41. The number of aromatic nitrogens is 1. The van der Waals surface area contributed by atoms with Crippen LogP contribution in [0.3, 0.4) is 0 Å². The van der Waals surface area contributed by atoms with Crippen molar-refractivity contribution >= 4 is 23.2 Å². The summed E-state index contributed by atoms with van der Waals surface area (Å²) in [6.45, 7) is 5.97. The minimum atomic E-state index is -0.896. The van der Waals surface area contributed by atoms with Crippen molar-refractivity contribution in [3.8, 4) is 0 Å². The molecule has 0 unspecified atom stereocenters. The van der Waals surface area contributed by atoms with E-state index >= 15 is 0 Å². The van der Waals surface area contributed by atoms with Crippen LogP contribution < -0.4 is 0 Å². The number of hydrogen-bond donors (Lipinski definition) is 1. The van der Waals surface area contributed by atoms with Crippen molar-refractivity contribution in [2.24, 2.45) is 5.92 Å². The maximum absolute atomic E-state index is 12.7. The molecule has 1 aromatic heterocycles. The smallest absolute Gasteiger partial charge is 0.308 e. The van der Waals surface area contributed by atoms with Crippen molar-refractivity contribution in [2.75, 3.05) is 13.1 Å². The van der Waals surface area contributed by atoms with Crippen LogP contribution >= 0.6 is 11.3 Å². The Kier molecular flexibility index (Phi) is 6.09. The summed E-state index contributed by atoms with van der Waals surface area (Å²) in [5.41, 5.74) is 1.86. The summed E-state index contributed by atoms with van der Waals surface area (Å²) in [4.78, 5) is 30.4. The lowest BCUT2D eigenvalue weighted by Gasteiger charge is -2.22. The Morgan fingerprint density at radius 1 is 1.29 bits per heavy atom. The van der Waals surface area contributed by atoms with Gasteiger partial charge in [0.05, 0.1) is 16.6 Å². The first-order valence-corrected chi connectivity index (χ1v) is 8.76. The second-order valence-electron chi connectivity index (χ2n) is 5.77. The first kappa shape index (κ1) is 18.1. The highest BCUT2D eigenvalue weighted by atomic mass is 32.1. The molecule has 24 heavy (non-hydrogen) atoms. The maximum atomic E-state index is 12.7. The predicted octanol–water partition coefficient (Wildman–Crippen LogP) is 3.23. The molecule has 0 saturated heterocycles. The van der Waals surface area contributed by atoms with Crippen LogP contribution in [0, 0.1) is 12.8 Å². The molecule has 0 radical (unpaired) electrons. The number of carbonyl (C=O) groups is 2. The van der Waals surface area contributed by atoms with E-state index in [0.29, 0.717) is 23.5 Å². The highest BCUT2D eigenvalue weighted by Crippen LogP contribution is 2.23. The van der Waals surface area contributed by atoms with E-state index in [1.54, 1.807) is 11.8 Å². The first-order valence-electron chi connectivity index (χ1n) is 7.94. The van der Waals surface area contributed by atoms with Gasteiger partial charge in [-0.1, -0.05) is 37.3 Å². The number of carboxylic acids is 1. The van der Waals surface area contributed by atoms with Crippen LogP contribution in [0.5, 0.6) is 0 Å². The molecule has 1 atom stereocenters. The molecule has 1 amide bonds. The predicted molar refractivity (Wildman–Crippen MR) is 94.5 cm³/mol. The molecule has 1 N–H and O–H groups in total.